The molecule has 2 saturated heterocycles. The zero-order chi connectivity index (χ0) is 21.1. The minimum absolute atomic E-state index is 0.188. The van der Waals surface area contributed by atoms with Crippen LogP contribution >= 0.6 is 0 Å². The van der Waals surface area contributed by atoms with Gasteiger partial charge in [-0.05, 0) is 30.3 Å². The summed E-state index contributed by atoms with van der Waals surface area (Å²) in [6.45, 7) is 4.98. The van der Waals surface area contributed by atoms with Crippen LogP contribution < -0.4 is 20.0 Å². The summed E-state index contributed by atoms with van der Waals surface area (Å²) in [4.78, 5) is 28.9. The Labute approximate surface area is 175 Å². The van der Waals surface area contributed by atoms with Crippen LogP contribution in [-0.4, -0.2) is 57.4 Å². The van der Waals surface area contributed by atoms with Crippen molar-refractivity contribution in [3.05, 3.63) is 54.3 Å². The van der Waals surface area contributed by atoms with Gasteiger partial charge in [-0.15, -0.1) is 0 Å². The molecule has 4 rings (SSSR count). The van der Waals surface area contributed by atoms with Crippen molar-refractivity contribution in [2.24, 2.45) is 0 Å². The van der Waals surface area contributed by atoms with Crippen molar-refractivity contribution in [1.29, 1.82) is 0 Å². The van der Waals surface area contributed by atoms with Crippen LogP contribution in [0.1, 0.15) is 6.92 Å². The number of nitrogens with one attached hydrogen (secondary N) is 1. The molecule has 1 N–H and O–H groups in total. The minimum atomic E-state index is -0.533. The summed E-state index contributed by atoms with van der Waals surface area (Å²) in [7, 11) is 0. The fourth-order valence-electron chi connectivity index (χ4n) is 3.86. The lowest BCUT2D eigenvalue weighted by Crippen LogP contribution is -2.46. The van der Waals surface area contributed by atoms with Crippen LogP contribution in [0.4, 0.5) is 26.2 Å². The number of halogens is 1. The highest BCUT2D eigenvalue weighted by atomic mass is 19.1. The summed E-state index contributed by atoms with van der Waals surface area (Å²) < 4.78 is 20.1. The second-order valence-corrected chi connectivity index (χ2v) is 7.50. The number of amides is 2. The molecule has 2 fully saturated rings. The zero-order valence-electron chi connectivity index (χ0n) is 16.9. The van der Waals surface area contributed by atoms with Crippen molar-refractivity contribution in [3.63, 3.8) is 0 Å². The molecule has 7 nitrogen and oxygen atoms in total. The van der Waals surface area contributed by atoms with Gasteiger partial charge >= 0.3 is 6.09 Å². The van der Waals surface area contributed by atoms with Gasteiger partial charge in [0.1, 0.15) is 11.9 Å². The predicted octanol–water partition coefficient (Wildman–Crippen LogP) is 2.61. The largest absolute Gasteiger partial charge is 0.442 e. The average molecular weight is 412 g/mol. The summed E-state index contributed by atoms with van der Waals surface area (Å²) in [6.07, 6.45) is -0.982. The Morgan fingerprint density at radius 2 is 1.77 bits per heavy atom. The summed E-state index contributed by atoms with van der Waals surface area (Å²) >= 11 is 0. The monoisotopic (exact) mass is 412 g/mol. The van der Waals surface area contributed by atoms with Crippen molar-refractivity contribution in [2.75, 3.05) is 54.0 Å². The van der Waals surface area contributed by atoms with Gasteiger partial charge in [0.2, 0.25) is 5.91 Å². The average Bonchev–Trinajstić information content (AvgIpc) is 3.13. The van der Waals surface area contributed by atoms with Gasteiger partial charge in [-0.25, -0.2) is 9.18 Å². The fourth-order valence-corrected chi connectivity index (χ4v) is 3.86. The molecule has 0 radical (unpaired) electrons. The number of carbonyl (C=O) groups is 2. The number of hydrogen-bond acceptors (Lipinski definition) is 5. The maximum atomic E-state index is 14.9. The van der Waals surface area contributed by atoms with Crippen LogP contribution in [0.15, 0.2) is 48.5 Å². The number of nitrogens with zero attached hydrogens (tertiary/aromatic N) is 3. The molecule has 0 saturated carbocycles. The number of carbonyl (C=O) groups excluding carboxylic acids is 2. The van der Waals surface area contributed by atoms with Crippen molar-refractivity contribution in [3.8, 4) is 0 Å². The van der Waals surface area contributed by atoms with Crippen LogP contribution in [0, 0.1) is 5.82 Å². The SMILES string of the molecule is CC(=O)NCC1CN(c2ccc(N3CCN(c4ccccc4)CC3)c(F)c2)C(=O)O1. The van der Waals surface area contributed by atoms with E-state index in [2.05, 4.69) is 22.3 Å². The van der Waals surface area contributed by atoms with E-state index in [9.17, 15) is 14.0 Å². The molecule has 1 atom stereocenters. The molecular formula is C22H25FN4O3. The van der Waals surface area contributed by atoms with Crippen LogP contribution in [0.2, 0.25) is 0 Å². The molecule has 2 aliphatic heterocycles. The molecule has 158 valence electrons. The van der Waals surface area contributed by atoms with Crippen molar-refractivity contribution < 1.29 is 18.7 Å². The Balaban J connectivity index is 1.39. The van der Waals surface area contributed by atoms with Crippen LogP contribution in [0.25, 0.3) is 0 Å². The molecule has 2 aliphatic rings. The number of benzene rings is 2. The normalized spacial score (nSPS) is 19.1. The topological polar surface area (TPSA) is 65.1 Å². The van der Waals surface area contributed by atoms with Gasteiger partial charge in [0.15, 0.2) is 0 Å². The number of cyclic esters (lactones) is 1. The van der Waals surface area contributed by atoms with Gasteiger partial charge < -0.3 is 19.9 Å². The van der Waals surface area contributed by atoms with Gasteiger partial charge in [-0.1, -0.05) is 18.2 Å². The van der Waals surface area contributed by atoms with E-state index in [1.165, 1.54) is 23.6 Å². The first kappa shape index (κ1) is 20.0. The first-order valence-electron chi connectivity index (χ1n) is 10.1. The molecule has 0 spiro atoms. The number of anilines is 3. The minimum Gasteiger partial charge on any atom is -0.442 e. The van der Waals surface area contributed by atoms with Crippen molar-refractivity contribution in [2.45, 2.75) is 13.0 Å². The Hall–Kier alpha value is -3.29. The summed E-state index contributed by atoms with van der Waals surface area (Å²) in [6, 6.07) is 15.0. The smallest absolute Gasteiger partial charge is 0.414 e. The Bertz CT molecular complexity index is 916. The van der Waals surface area contributed by atoms with Gasteiger partial charge in [0, 0.05) is 38.8 Å². The lowest BCUT2D eigenvalue weighted by atomic mass is 10.2. The van der Waals surface area contributed by atoms with E-state index < -0.39 is 12.2 Å². The van der Waals surface area contributed by atoms with E-state index in [0.717, 1.165) is 26.2 Å². The number of piperazine rings is 1. The van der Waals surface area contributed by atoms with Gasteiger partial charge in [-0.2, -0.15) is 0 Å². The van der Waals surface area contributed by atoms with E-state index in [4.69, 9.17) is 4.74 Å². The highest BCUT2D eigenvalue weighted by Crippen LogP contribution is 2.29. The van der Waals surface area contributed by atoms with E-state index >= 15 is 0 Å². The fraction of sp³-hybridized carbons (Fsp3) is 0.364. The number of ether oxygens (including phenoxy) is 1. The van der Waals surface area contributed by atoms with E-state index in [-0.39, 0.29) is 24.8 Å². The Kier molecular flexibility index (Phi) is 5.74. The van der Waals surface area contributed by atoms with E-state index in [1.54, 1.807) is 12.1 Å². The molecule has 2 amide bonds. The van der Waals surface area contributed by atoms with Gasteiger partial charge in [0.25, 0.3) is 0 Å². The molecule has 30 heavy (non-hydrogen) atoms. The standard InChI is InChI=1S/C22H25FN4O3/c1-16(28)24-14-19-15-27(22(29)30-19)18-7-8-21(20(23)13-18)26-11-9-25(10-12-26)17-5-3-2-4-6-17/h2-8,13,19H,9-12,14-15H2,1H3,(H,24,28). The molecule has 1 unspecified atom stereocenters. The molecular weight excluding hydrogens is 387 g/mol. The maximum absolute atomic E-state index is 14.9. The third-order valence-electron chi connectivity index (χ3n) is 5.44. The van der Waals surface area contributed by atoms with E-state index in [1.807, 2.05) is 23.1 Å². The molecule has 0 bridgehead atoms. The number of rotatable bonds is 5. The second kappa shape index (κ2) is 8.61. The van der Waals surface area contributed by atoms with Crippen molar-refractivity contribution >= 4 is 29.1 Å². The van der Waals surface area contributed by atoms with Crippen LogP contribution in [0.5, 0.6) is 0 Å². The highest BCUT2D eigenvalue weighted by molar-refractivity contribution is 5.90. The zero-order valence-corrected chi connectivity index (χ0v) is 16.9. The first-order chi connectivity index (χ1) is 14.5. The van der Waals surface area contributed by atoms with Crippen LogP contribution in [-0.2, 0) is 9.53 Å². The third kappa shape index (κ3) is 4.32. The maximum Gasteiger partial charge on any atom is 0.414 e. The molecule has 2 heterocycles. The molecule has 8 heteroatoms. The van der Waals surface area contributed by atoms with Gasteiger partial charge in [0.05, 0.1) is 24.5 Å². The number of hydrogen-bond donors (Lipinski definition) is 1. The quantitative estimate of drug-likeness (QED) is 0.818. The van der Waals surface area contributed by atoms with E-state index in [0.29, 0.717) is 11.4 Å². The number of para-hydroxylation sites is 1. The first-order valence-corrected chi connectivity index (χ1v) is 10.1. The highest BCUT2D eigenvalue weighted by Gasteiger charge is 2.33. The van der Waals surface area contributed by atoms with Gasteiger partial charge in [-0.3, -0.25) is 9.69 Å². The summed E-state index contributed by atoms with van der Waals surface area (Å²) in [5, 5.41) is 2.63. The summed E-state index contributed by atoms with van der Waals surface area (Å²) in [5.74, 6) is -0.550. The lowest BCUT2D eigenvalue weighted by molar-refractivity contribution is -0.119. The summed E-state index contributed by atoms with van der Waals surface area (Å²) in [5.41, 5.74) is 2.16. The molecule has 0 aromatic heterocycles. The molecule has 2 aromatic carbocycles. The molecule has 2 aromatic rings. The molecule has 0 aliphatic carbocycles. The second-order valence-electron chi connectivity index (χ2n) is 7.50. The lowest BCUT2D eigenvalue weighted by Gasteiger charge is -2.37. The predicted molar refractivity (Wildman–Crippen MR) is 114 cm³/mol. The van der Waals surface area contributed by atoms with Crippen LogP contribution in [0.3, 0.4) is 0 Å². The Morgan fingerprint density at radius 1 is 1.07 bits per heavy atom. The Morgan fingerprint density at radius 3 is 2.43 bits per heavy atom. The third-order valence-corrected chi connectivity index (χ3v) is 5.44. The van der Waals surface area contributed by atoms with Crippen molar-refractivity contribution in [1.82, 2.24) is 5.32 Å².